The average Bonchev–Trinajstić information content (AvgIpc) is 2.14. The highest BCUT2D eigenvalue weighted by atomic mass is 16.5. The summed E-state index contributed by atoms with van der Waals surface area (Å²) in [6.07, 6.45) is -0.230. The molecule has 0 bridgehead atoms. The summed E-state index contributed by atoms with van der Waals surface area (Å²) in [6.45, 7) is 7.34. The normalized spacial score (nSPS) is 19.2. The molecular weight excluding hydrogens is 164 g/mol. The van der Waals surface area contributed by atoms with Gasteiger partial charge in [0, 0.05) is 0 Å². The molecule has 3 heteroatoms. The Morgan fingerprint density at radius 3 is 1.38 bits per heavy atom. The molecule has 0 aliphatic carbocycles. The van der Waals surface area contributed by atoms with Gasteiger partial charge in [-0.05, 0) is 27.7 Å². The van der Waals surface area contributed by atoms with E-state index in [1.807, 2.05) is 27.7 Å². The zero-order valence-corrected chi connectivity index (χ0v) is 8.61. The van der Waals surface area contributed by atoms with E-state index in [1.54, 1.807) is 0 Å². The predicted molar refractivity (Wildman–Crippen MR) is 49.6 cm³/mol. The fourth-order valence-corrected chi connectivity index (χ4v) is 0.784. The van der Waals surface area contributed by atoms with Gasteiger partial charge in [-0.25, -0.2) is 0 Å². The van der Waals surface area contributed by atoms with Crippen LogP contribution in [-0.2, 0) is 4.74 Å². The summed E-state index contributed by atoms with van der Waals surface area (Å²) in [5, 5.41) is 17.2. The molecular formula is C10H16N2O. The van der Waals surface area contributed by atoms with E-state index in [1.165, 1.54) is 0 Å². The van der Waals surface area contributed by atoms with Gasteiger partial charge in [0.25, 0.3) is 0 Å². The summed E-state index contributed by atoms with van der Waals surface area (Å²) in [5.41, 5.74) is 0. The van der Waals surface area contributed by atoms with Gasteiger partial charge in [-0.2, -0.15) is 10.5 Å². The molecule has 0 rings (SSSR count). The molecule has 0 heterocycles. The van der Waals surface area contributed by atoms with Gasteiger partial charge in [-0.3, -0.25) is 0 Å². The van der Waals surface area contributed by atoms with Crippen LogP contribution < -0.4 is 0 Å². The van der Waals surface area contributed by atoms with Gasteiger partial charge in [-0.1, -0.05) is 0 Å². The molecule has 0 aliphatic heterocycles. The fourth-order valence-electron chi connectivity index (χ4n) is 0.784. The van der Waals surface area contributed by atoms with Crippen LogP contribution in [0.25, 0.3) is 0 Å². The summed E-state index contributed by atoms with van der Waals surface area (Å²) in [7, 11) is 0. The molecule has 0 aromatic heterocycles. The minimum atomic E-state index is -0.131. The van der Waals surface area contributed by atoms with Crippen LogP contribution in [0, 0.1) is 34.5 Å². The molecule has 0 aromatic rings. The Bertz CT molecular complexity index is 202. The SMILES string of the molecule is CC(C#N)C(C)OC(C)C(C)C#N. The molecule has 4 atom stereocenters. The highest BCUT2D eigenvalue weighted by Crippen LogP contribution is 2.13. The molecule has 0 aliphatic rings. The molecule has 0 N–H and O–H groups in total. The second-order valence-corrected chi connectivity index (χ2v) is 3.38. The van der Waals surface area contributed by atoms with Crippen LogP contribution in [0.5, 0.6) is 0 Å². The standard InChI is InChI=1S/C10H16N2O/c1-7(5-11)9(3)13-10(4)8(2)6-12/h7-10H,1-4H3. The van der Waals surface area contributed by atoms with Crippen LogP contribution in [0.2, 0.25) is 0 Å². The average molecular weight is 180 g/mol. The summed E-state index contributed by atoms with van der Waals surface area (Å²) < 4.78 is 5.51. The van der Waals surface area contributed by atoms with Crippen LogP contribution in [0.4, 0.5) is 0 Å². The van der Waals surface area contributed by atoms with Crippen molar-refractivity contribution in [1.29, 1.82) is 10.5 Å². The van der Waals surface area contributed by atoms with Crippen molar-refractivity contribution in [3.8, 4) is 12.1 Å². The van der Waals surface area contributed by atoms with Crippen LogP contribution in [0.15, 0.2) is 0 Å². The zero-order valence-electron chi connectivity index (χ0n) is 8.61. The lowest BCUT2D eigenvalue weighted by molar-refractivity contribution is -0.0236. The Morgan fingerprint density at radius 1 is 0.846 bits per heavy atom. The monoisotopic (exact) mass is 180 g/mol. The van der Waals surface area contributed by atoms with Crippen molar-refractivity contribution in [2.75, 3.05) is 0 Å². The Balaban J connectivity index is 4.01. The van der Waals surface area contributed by atoms with Crippen molar-refractivity contribution in [3.63, 3.8) is 0 Å². The van der Waals surface area contributed by atoms with Crippen molar-refractivity contribution < 1.29 is 4.74 Å². The second-order valence-electron chi connectivity index (χ2n) is 3.38. The van der Waals surface area contributed by atoms with E-state index in [2.05, 4.69) is 12.1 Å². The van der Waals surface area contributed by atoms with Crippen LogP contribution >= 0.6 is 0 Å². The molecule has 72 valence electrons. The minimum absolute atomic E-state index is 0.115. The summed E-state index contributed by atoms with van der Waals surface area (Å²) in [4.78, 5) is 0. The molecule has 0 saturated carbocycles. The third-order valence-electron chi connectivity index (χ3n) is 2.24. The number of nitrogens with zero attached hydrogens (tertiary/aromatic N) is 2. The van der Waals surface area contributed by atoms with Crippen molar-refractivity contribution in [2.45, 2.75) is 39.9 Å². The van der Waals surface area contributed by atoms with E-state index in [-0.39, 0.29) is 24.0 Å². The summed E-state index contributed by atoms with van der Waals surface area (Å²) in [6, 6.07) is 4.24. The molecule has 3 nitrogen and oxygen atoms in total. The van der Waals surface area contributed by atoms with Gasteiger partial charge < -0.3 is 4.74 Å². The number of nitriles is 2. The van der Waals surface area contributed by atoms with Crippen molar-refractivity contribution >= 4 is 0 Å². The maximum absolute atomic E-state index is 8.62. The Labute approximate surface area is 79.9 Å². The summed E-state index contributed by atoms with van der Waals surface area (Å²) >= 11 is 0. The molecule has 0 spiro atoms. The summed E-state index contributed by atoms with van der Waals surface area (Å²) in [5.74, 6) is -0.262. The van der Waals surface area contributed by atoms with Crippen molar-refractivity contribution in [2.24, 2.45) is 11.8 Å². The maximum atomic E-state index is 8.62. The maximum Gasteiger partial charge on any atom is 0.0706 e. The third kappa shape index (κ3) is 3.92. The number of rotatable bonds is 4. The van der Waals surface area contributed by atoms with Gasteiger partial charge >= 0.3 is 0 Å². The van der Waals surface area contributed by atoms with Gasteiger partial charge in [0.1, 0.15) is 0 Å². The molecule has 0 aromatic carbocycles. The number of hydrogen-bond acceptors (Lipinski definition) is 3. The predicted octanol–water partition coefficient (Wildman–Crippen LogP) is 2.10. The molecule has 0 fully saturated rings. The first-order valence-electron chi connectivity index (χ1n) is 4.47. The molecule has 4 unspecified atom stereocenters. The van der Waals surface area contributed by atoms with Crippen LogP contribution in [0.1, 0.15) is 27.7 Å². The van der Waals surface area contributed by atoms with E-state index in [4.69, 9.17) is 15.3 Å². The van der Waals surface area contributed by atoms with Crippen LogP contribution in [0.3, 0.4) is 0 Å². The molecule has 0 saturated heterocycles. The van der Waals surface area contributed by atoms with E-state index in [0.29, 0.717) is 0 Å². The molecule has 0 radical (unpaired) electrons. The molecule has 0 amide bonds. The largest absolute Gasteiger partial charge is 0.373 e. The van der Waals surface area contributed by atoms with Crippen LogP contribution in [-0.4, -0.2) is 12.2 Å². The number of ether oxygens (including phenoxy) is 1. The first-order valence-corrected chi connectivity index (χ1v) is 4.47. The Kier molecular flexibility index (Phi) is 5.11. The Hall–Kier alpha value is -1.06. The highest BCUT2D eigenvalue weighted by Gasteiger charge is 2.18. The highest BCUT2D eigenvalue weighted by molar-refractivity contribution is 4.87. The molecule has 13 heavy (non-hydrogen) atoms. The van der Waals surface area contributed by atoms with E-state index >= 15 is 0 Å². The Morgan fingerprint density at radius 2 is 1.15 bits per heavy atom. The van der Waals surface area contributed by atoms with Gasteiger partial charge in [-0.15, -0.1) is 0 Å². The van der Waals surface area contributed by atoms with Gasteiger partial charge in [0.05, 0.1) is 36.2 Å². The fraction of sp³-hybridized carbons (Fsp3) is 0.800. The lowest BCUT2D eigenvalue weighted by atomic mass is 10.1. The lowest BCUT2D eigenvalue weighted by Crippen LogP contribution is -2.26. The zero-order chi connectivity index (χ0) is 10.4. The van der Waals surface area contributed by atoms with E-state index in [9.17, 15) is 0 Å². The quantitative estimate of drug-likeness (QED) is 0.665. The topological polar surface area (TPSA) is 56.8 Å². The first kappa shape index (κ1) is 11.9. The van der Waals surface area contributed by atoms with Crippen molar-refractivity contribution in [3.05, 3.63) is 0 Å². The smallest absolute Gasteiger partial charge is 0.0706 e. The lowest BCUT2D eigenvalue weighted by Gasteiger charge is -2.21. The van der Waals surface area contributed by atoms with Gasteiger partial charge in [0.15, 0.2) is 0 Å². The second kappa shape index (κ2) is 5.56. The minimum Gasteiger partial charge on any atom is -0.373 e. The number of hydrogen-bond donors (Lipinski definition) is 0. The van der Waals surface area contributed by atoms with E-state index in [0.717, 1.165) is 0 Å². The van der Waals surface area contributed by atoms with E-state index < -0.39 is 0 Å². The first-order chi connectivity index (χ1) is 6.02. The third-order valence-corrected chi connectivity index (χ3v) is 2.24. The van der Waals surface area contributed by atoms with Gasteiger partial charge in [0.2, 0.25) is 0 Å². The van der Waals surface area contributed by atoms with Crippen molar-refractivity contribution in [1.82, 2.24) is 0 Å².